The van der Waals surface area contributed by atoms with Crippen LogP contribution in [0, 0.1) is 0 Å². The summed E-state index contributed by atoms with van der Waals surface area (Å²) in [6.07, 6.45) is 2.58. The van der Waals surface area contributed by atoms with Gasteiger partial charge < -0.3 is 15.4 Å². The fourth-order valence-corrected chi connectivity index (χ4v) is 1.95. The smallest absolute Gasteiger partial charge is 0.260 e. The van der Waals surface area contributed by atoms with Gasteiger partial charge in [-0.3, -0.25) is 4.79 Å². The van der Waals surface area contributed by atoms with Gasteiger partial charge in [0.05, 0.1) is 0 Å². The number of rotatable bonds is 9. The second kappa shape index (κ2) is 9.40. The van der Waals surface area contributed by atoms with Gasteiger partial charge in [0.2, 0.25) is 0 Å². The van der Waals surface area contributed by atoms with Crippen molar-refractivity contribution in [2.24, 2.45) is 0 Å². The normalized spacial score (nSPS) is 13.5. The van der Waals surface area contributed by atoms with E-state index >= 15 is 0 Å². The summed E-state index contributed by atoms with van der Waals surface area (Å²) in [5.74, 6) is 0.672. The van der Waals surface area contributed by atoms with Crippen LogP contribution < -0.4 is 15.4 Å². The molecule has 0 saturated carbocycles. The summed E-state index contributed by atoms with van der Waals surface area (Å²) in [6, 6.07) is 8.39. The van der Waals surface area contributed by atoms with E-state index in [0.29, 0.717) is 12.6 Å². The Balaban J connectivity index is 2.45. The summed E-state index contributed by atoms with van der Waals surface area (Å²) < 4.78 is 5.67. The van der Waals surface area contributed by atoms with E-state index in [1.807, 2.05) is 31.3 Å². The number of carbonyl (C=O) groups is 1. The second-order valence-electron chi connectivity index (χ2n) is 5.44. The number of ether oxygens (including phenoxy) is 1. The van der Waals surface area contributed by atoms with Crippen molar-refractivity contribution in [2.45, 2.75) is 52.2 Å². The number of hydrogen-bond acceptors (Lipinski definition) is 3. The maximum absolute atomic E-state index is 11.8. The van der Waals surface area contributed by atoms with Crippen LogP contribution in [0.25, 0.3) is 0 Å². The van der Waals surface area contributed by atoms with E-state index in [2.05, 4.69) is 24.5 Å². The third kappa shape index (κ3) is 6.63. The quantitative estimate of drug-likeness (QED) is 0.688. The van der Waals surface area contributed by atoms with Gasteiger partial charge in [-0.2, -0.15) is 0 Å². The Morgan fingerprint density at radius 1 is 1.24 bits per heavy atom. The van der Waals surface area contributed by atoms with Crippen LogP contribution in [0.2, 0.25) is 0 Å². The lowest BCUT2D eigenvalue weighted by Gasteiger charge is -2.15. The monoisotopic (exact) mass is 292 g/mol. The zero-order valence-corrected chi connectivity index (χ0v) is 13.6. The molecule has 2 atom stereocenters. The predicted molar refractivity (Wildman–Crippen MR) is 86.7 cm³/mol. The zero-order valence-electron chi connectivity index (χ0n) is 13.6. The average molecular weight is 292 g/mol. The second-order valence-corrected chi connectivity index (χ2v) is 5.44. The minimum atomic E-state index is -0.469. The van der Waals surface area contributed by atoms with Gasteiger partial charge in [0.1, 0.15) is 5.75 Å². The third-order valence-corrected chi connectivity index (χ3v) is 3.47. The number of hydrogen-bond donors (Lipinski definition) is 2. The van der Waals surface area contributed by atoms with Gasteiger partial charge >= 0.3 is 0 Å². The van der Waals surface area contributed by atoms with Crippen molar-refractivity contribution in [1.29, 1.82) is 0 Å². The van der Waals surface area contributed by atoms with E-state index < -0.39 is 6.10 Å². The molecule has 0 radical (unpaired) electrons. The molecule has 0 aliphatic rings. The standard InChI is InChI=1S/C17H28N2O2/c1-5-6-11-19-17(20)14(3)21-16-9-7-15(8-10-16)12-13(2)18-4/h7-10,13-14,18H,5-6,11-12H2,1-4H3,(H,19,20). The summed E-state index contributed by atoms with van der Waals surface area (Å²) in [5, 5.41) is 6.09. The van der Waals surface area contributed by atoms with Crippen molar-refractivity contribution >= 4 is 5.91 Å². The molecule has 0 spiro atoms. The Morgan fingerprint density at radius 2 is 1.90 bits per heavy atom. The number of likely N-dealkylation sites (N-methyl/N-ethyl adjacent to an activating group) is 1. The molecule has 21 heavy (non-hydrogen) atoms. The van der Waals surface area contributed by atoms with Gasteiger partial charge in [0.15, 0.2) is 6.10 Å². The van der Waals surface area contributed by atoms with E-state index in [0.717, 1.165) is 25.0 Å². The highest BCUT2D eigenvalue weighted by Gasteiger charge is 2.13. The molecule has 0 bridgehead atoms. The minimum Gasteiger partial charge on any atom is -0.481 e. The summed E-state index contributed by atoms with van der Waals surface area (Å²) in [6.45, 7) is 6.73. The molecule has 0 saturated heterocycles. The van der Waals surface area contributed by atoms with Gasteiger partial charge in [-0.25, -0.2) is 0 Å². The van der Waals surface area contributed by atoms with E-state index in [9.17, 15) is 4.79 Å². The number of amides is 1. The fourth-order valence-electron chi connectivity index (χ4n) is 1.95. The molecule has 4 nitrogen and oxygen atoms in total. The summed E-state index contributed by atoms with van der Waals surface area (Å²) in [4.78, 5) is 11.8. The van der Waals surface area contributed by atoms with Crippen LogP contribution in [0.15, 0.2) is 24.3 Å². The zero-order chi connectivity index (χ0) is 15.7. The topological polar surface area (TPSA) is 50.4 Å². The van der Waals surface area contributed by atoms with E-state index in [1.165, 1.54) is 5.56 Å². The Labute approximate surface area is 128 Å². The van der Waals surface area contributed by atoms with Crippen LogP contribution in [-0.2, 0) is 11.2 Å². The van der Waals surface area contributed by atoms with E-state index in [-0.39, 0.29) is 5.91 Å². The maximum atomic E-state index is 11.8. The highest BCUT2D eigenvalue weighted by molar-refractivity contribution is 5.80. The molecule has 0 aliphatic heterocycles. The van der Waals surface area contributed by atoms with Crippen molar-refractivity contribution in [2.75, 3.05) is 13.6 Å². The molecule has 0 aromatic heterocycles. The van der Waals surface area contributed by atoms with Crippen LogP contribution in [-0.4, -0.2) is 31.6 Å². The van der Waals surface area contributed by atoms with Crippen LogP contribution in [0.5, 0.6) is 5.75 Å². The summed E-state index contributed by atoms with van der Waals surface area (Å²) in [5.41, 5.74) is 1.25. The first-order chi connectivity index (χ1) is 10.1. The first kappa shape index (κ1) is 17.5. The molecule has 2 unspecified atom stereocenters. The molecule has 0 heterocycles. The molecule has 0 fully saturated rings. The molecule has 0 aliphatic carbocycles. The van der Waals surface area contributed by atoms with Crippen molar-refractivity contribution in [1.82, 2.24) is 10.6 Å². The van der Waals surface area contributed by atoms with Crippen molar-refractivity contribution in [3.8, 4) is 5.75 Å². The Kier molecular flexibility index (Phi) is 7.83. The van der Waals surface area contributed by atoms with Crippen molar-refractivity contribution in [3.05, 3.63) is 29.8 Å². The van der Waals surface area contributed by atoms with Crippen LogP contribution in [0.4, 0.5) is 0 Å². The van der Waals surface area contributed by atoms with Crippen LogP contribution in [0.3, 0.4) is 0 Å². The average Bonchev–Trinajstić information content (AvgIpc) is 2.49. The molecule has 1 rings (SSSR count). The number of nitrogens with one attached hydrogen (secondary N) is 2. The van der Waals surface area contributed by atoms with E-state index in [4.69, 9.17) is 4.74 Å². The minimum absolute atomic E-state index is 0.0590. The first-order valence-corrected chi connectivity index (χ1v) is 7.77. The molecule has 4 heteroatoms. The lowest BCUT2D eigenvalue weighted by Crippen LogP contribution is -2.36. The third-order valence-electron chi connectivity index (χ3n) is 3.47. The largest absolute Gasteiger partial charge is 0.481 e. The van der Waals surface area contributed by atoms with Gasteiger partial charge in [-0.1, -0.05) is 25.5 Å². The predicted octanol–water partition coefficient (Wildman–Crippen LogP) is 2.52. The first-order valence-electron chi connectivity index (χ1n) is 7.77. The maximum Gasteiger partial charge on any atom is 0.260 e. The molecule has 118 valence electrons. The lowest BCUT2D eigenvalue weighted by molar-refractivity contribution is -0.127. The molecule has 1 aromatic rings. The van der Waals surface area contributed by atoms with Gasteiger partial charge in [-0.15, -0.1) is 0 Å². The number of benzene rings is 1. The van der Waals surface area contributed by atoms with Crippen LogP contribution in [0.1, 0.15) is 39.2 Å². The molecular weight excluding hydrogens is 264 g/mol. The molecular formula is C17H28N2O2. The SMILES string of the molecule is CCCCNC(=O)C(C)Oc1ccc(CC(C)NC)cc1. The molecule has 2 N–H and O–H groups in total. The van der Waals surface area contributed by atoms with Gasteiger partial charge in [0, 0.05) is 12.6 Å². The highest BCUT2D eigenvalue weighted by atomic mass is 16.5. The Bertz CT molecular complexity index is 417. The van der Waals surface area contributed by atoms with E-state index in [1.54, 1.807) is 6.92 Å². The van der Waals surface area contributed by atoms with Crippen molar-refractivity contribution < 1.29 is 9.53 Å². The Hall–Kier alpha value is -1.55. The fraction of sp³-hybridized carbons (Fsp3) is 0.588. The number of carbonyl (C=O) groups excluding carboxylic acids is 1. The van der Waals surface area contributed by atoms with Gasteiger partial charge in [0.25, 0.3) is 5.91 Å². The number of unbranched alkanes of at least 4 members (excludes halogenated alkanes) is 1. The van der Waals surface area contributed by atoms with Crippen LogP contribution >= 0.6 is 0 Å². The highest BCUT2D eigenvalue weighted by Crippen LogP contribution is 2.15. The molecule has 1 aromatic carbocycles. The van der Waals surface area contributed by atoms with Crippen molar-refractivity contribution in [3.63, 3.8) is 0 Å². The summed E-state index contributed by atoms with van der Waals surface area (Å²) >= 11 is 0. The molecule has 1 amide bonds. The summed E-state index contributed by atoms with van der Waals surface area (Å²) in [7, 11) is 1.96. The lowest BCUT2D eigenvalue weighted by atomic mass is 10.1. The Morgan fingerprint density at radius 3 is 2.48 bits per heavy atom. The van der Waals surface area contributed by atoms with Gasteiger partial charge in [-0.05, 0) is 51.4 Å².